The predicted octanol–water partition coefficient (Wildman–Crippen LogP) is 5.68. The van der Waals surface area contributed by atoms with Crippen LogP contribution in [0.3, 0.4) is 0 Å². The van der Waals surface area contributed by atoms with Gasteiger partial charge < -0.3 is 9.47 Å². The van der Waals surface area contributed by atoms with E-state index >= 15 is 0 Å². The second kappa shape index (κ2) is 11.3. The Morgan fingerprint density at radius 3 is 2.48 bits per heavy atom. The standard InChI is InChI=1S/C25H25BrN2O3/c1-18(2)20-12-13-24(22(26)14-20)31-17-25(29)28-27-15-21-10-6-7-11-23(21)30-16-19-8-4-3-5-9-19/h3-15,18H,16-17H2,1-2H3,(H,28,29)/b27-15+. The maximum Gasteiger partial charge on any atom is 0.277 e. The molecule has 31 heavy (non-hydrogen) atoms. The largest absolute Gasteiger partial charge is 0.488 e. The lowest BCUT2D eigenvalue weighted by atomic mass is 10.0. The molecule has 0 aliphatic rings. The summed E-state index contributed by atoms with van der Waals surface area (Å²) in [7, 11) is 0. The number of carbonyl (C=O) groups is 1. The highest BCUT2D eigenvalue weighted by Crippen LogP contribution is 2.28. The molecule has 0 atom stereocenters. The van der Waals surface area contributed by atoms with Crippen LogP contribution in [0.25, 0.3) is 0 Å². The first-order valence-electron chi connectivity index (χ1n) is 10.0. The number of halogens is 1. The minimum Gasteiger partial charge on any atom is -0.488 e. The van der Waals surface area contributed by atoms with Gasteiger partial charge in [0.05, 0.1) is 10.7 Å². The smallest absolute Gasteiger partial charge is 0.277 e. The van der Waals surface area contributed by atoms with Crippen molar-refractivity contribution in [3.05, 3.63) is 94.0 Å². The summed E-state index contributed by atoms with van der Waals surface area (Å²) in [4.78, 5) is 12.1. The third-order valence-electron chi connectivity index (χ3n) is 4.53. The molecule has 0 saturated carbocycles. The Labute approximate surface area is 191 Å². The topological polar surface area (TPSA) is 59.9 Å². The fourth-order valence-electron chi connectivity index (χ4n) is 2.80. The van der Waals surface area contributed by atoms with Gasteiger partial charge in [-0.15, -0.1) is 0 Å². The molecule has 3 aromatic rings. The van der Waals surface area contributed by atoms with E-state index in [0.717, 1.165) is 15.6 Å². The van der Waals surface area contributed by atoms with Gasteiger partial charge in [-0.25, -0.2) is 5.43 Å². The number of benzene rings is 3. The average Bonchev–Trinajstić information content (AvgIpc) is 2.78. The number of carbonyl (C=O) groups excluding carboxylic acids is 1. The summed E-state index contributed by atoms with van der Waals surface area (Å²) < 4.78 is 12.3. The number of rotatable bonds is 9. The van der Waals surface area contributed by atoms with Crippen molar-refractivity contribution in [2.75, 3.05) is 6.61 Å². The van der Waals surface area contributed by atoms with Crippen LogP contribution >= 0.6 is 15.9 Å². The Hall–Kier alpha value is -3.12. The number of ether oxygens (including phenoxy) is 2. The third-order valence-corrected chi connectivity index (χ3v) is 5.15. The highest BCUT2D eigenvalue weighted by molar-refractivity contribution is 9.10. The van der Waals surface area contributed by atoms with E-state index in [1.54, 1.807) is 6.21 Å². The van der Waals surface area contributed by atoms with E-state index in [0.29, 0.717) is 24.0 Å². The monoisotopic (exact) mass is 480 g/mol. The molecule has 0 heterocycles. The Morgan fingerprint density at radius 2 is 1.74 bits per heavy atom. The Morgan fingerprint density at radius 1 is 1.00 bits per heavy atom. The molecule has 0 aromatic heterocycles. The zero-order valence-electron chi connectivity index (χ0n) is 17.5. The van der Waals surface area contributed by atoms with E-state index in [2.05, 4.69) is 40.3 Å². The molecule has 0 aliphatic heterocycles. The van der Waals surface area contributed by atoms with Crippen molar-refractivity contribution in [3.8, 4) is 11.5 Å². The molecule has 0 spiro atoms. The van der Waals surface area contributed by atoms with Crippen LogP contribution in [0.15, 0.2) is 82.4 Å². The van der Waals surface area contributed by atoms with Gasteiger partial charge in [-0.1, -0.05) is 62.4 Å². The summed E-state index contributed by atoms with van der Waals surface area (Å²) in [6.45, 7) is 4.57. The van der Waals surface area contributed by atoms with Gasteiger partial charge in [0.25, 0.3) is 5.91 Å². The predicted molar refractivity (Wildman–Crippen MR) is 127 cm³/mol. The molecule has 5 nitrogen and oxygen atoms in total. The van der Waals surface area contributed by atoms with Crippen molar-refractivity contribution >= 4 is 28.1 Å². The van der Waals surface area contributed by atoms with E-state index in [4.69, 9.17) is 9.47 Å². The lowest BCUT2D eigenvalue weighted by Crippen LogP contribution is -2.24. The molecular weight excluding hydrogens is 456 g/mol. The Bertz CT molecular complexity index is 1040. The summed E-state index contributed by atoms with van der Waals surface area (Å²) in [6, 6.07) is 23.3. The van der Waals surface area contributed by atoms with Crippen molar-refractivity contribution in [2.24, 2.45) is 5.10 Å². The van der Waals surface area contributed by atoms with Gasteiger partial charge in [-0.3, -0.25) is 4.79 Å². The summed E-state index contributed by atoms with van der Waals surface area (Å²) >= 11 is 3.49. The van der Waals surface area contributed by atoms with Crippen molar-refractivity contribution in [1.29, 1.82) is 0 Å². The zero-order chi connectivity index (χ0) is 22.1. The highest BCUT2D eigenvalue weighted by atomic mass is 79.9. The maximum absolute atomic E-state index is 12.1. The molecule has 0 bridgehead atoms. The lowest BCUT2D eigenvalue weighted by Gasteiger charge is -2.11. The van der Waals surface area contributed by atoms with E-state index in [-0.39, 0.29) is 12.5 Å². The Balaban J connectivity index is 1.52. The molecular formula is C25H25BrN2O3. The van der Waals surface area contributed by atoms with Crippen molar-refractivity contribution < 1.29 is 14.3 Å². The van der Waals surface area contributed by atoms with E-state index in [9.17, 15) is 4.79 Å². The number of amides is 1. The number of hydrogen-bond acceptors (Lipinski definition) is 4. The van der Waals surface area contributed by atoms with Crippen LogP contribution in [0.2, 0.25) is 0 Å². The number of nitrogens with one attached hydrogen (secondary N) is 1. The number of nitrogens with zero attached hydrogens (tertiary/aromatic N) is 1. The van der Waals surface area contributed by atoms with Crippen LogP contribution in [0.4, 0.5) is 0 Å². The van der Waals surface area contributed by atoms with Crippen LogP contribution in [0.1, 0.15) is 36.5 Å². The van der Waals surface area contributed by atoms with Gasteiger partial charge in [-0.05, 0) is 57.2 Å². The van der Waals surface area contributed by atoms with Crippen LogP contribution in [0.5, 0.6) is 11.5 Å². The van der Waals surface area contributed by atoms with E-state index < -0.39 is 0 Å². The summed E-state index contributed by atoms with van der Waals surface area (Å²) in [5, 5.41) is 4.03. The fourth-order valence-corrected chi connectivity index (χ4v) is 3.31. The summed E-state index contributed by atoms with van der Waals surface area (Å²) in [5.74, 6) is 1.37. The van der Waals surface area contributed by atoms with E-state index in [1.165, 1.54) is 5.56 Å². The third kappa shape index (κ3) is 6.96. The molecule has 6 heteroatoms. The zero-order valence-corrected chi connectivity index (χ0v) is 19.1. The quantitative estimate of drug-likeness (QED) is 0.316. The summed E-state index contributed by atoms with van der Waals surface area (Å²) in [6.07, 6.45) is 1.56. The van der Waals surface area contributed by atoms with Crippen LogP contribution in [0, 0.1) is 0 Å². The minimum atomic E-state index is -0.348. The van der Waals surface area contributed by atoms with Gasteiger partial charge in [0.1, 0.15) is 18.1 Å². The first-order valence-corrected chi connectivity index (χ1v) is 10.8. The Kier molecular flexibility index (Phi) is 8.24. The molecule has 0 unspecified atom stereocenters. The van der Waals surface area contributed by atoms with Crippen molar-refractivity contribution in [3.63, 3.8) is 0 Å². The van der Waals surface area contributed by atoms with Gasteiger partial charge >= 0.3 is 0 Å². The minimum absolute atomic E-state index is 0.136. The molecule has 0 saturated heterocycles. The lowest BCUT2D eigenvalue weighted by molar-refractivity contribution is -0.123. The highest BCUT2D eigenvalue weighted by Gasteiger charge is 2.08. The molecule has 3 rings (SSSR count). The molecule has 160 valence electrons. The van der Waals surface area contributed by atoms with Crippen LogP contribution in [-0.2, 0) is 11.4 Å². The van der Waals surface area contributed by atoms with Gasteiger partial charge in [0, 0.05) is 5.56 Å². The molecule has 1 N–H and O–H groups in total. The van der Waals surface area contributed by atoms with Crippen molar-refractivity contribution in [1.82, 2.24) is 5.43 Å². The maximum atomic E-state index is 12.1. The van der Waals surface area contributed by atoms with E-state index in [1.807, 2.05) is 72.8 Å². The van der Waals surface area contributed by atoms with Crippen LogP contribution in [-0.4, -0.2) is 18.7 Å². The molecule has 0 fully saturated rings. The first kappa shape index (κ1) is 22.6. The SMILES string of the molecule is CC(C)c1ccc(OCC(=O)N/N=C/c2ccccc2OCc2ccccc2)c(Br)c1. The van der Waals surface area contributed by atoms with Gasteiger partial charge in [0.15, 0.2) is 6.61 Å². The number of hydrogen-bond donors (Lipinski definition) is 1. The molecule has 0 aliphatic carbocycles. The van der Waals surface area contributed by atoms with Crippen molar-refractivity contribution in [2.45, 2.75) is 26.4 Å². The fraction of sp³-hybridized carbons (Fsp3) is 0.200. The molecule has 1 amide bonds. The second-order valence-electron chi connectivity index (χ2n) is 7.24. The summed E-state index contributed by atoms with van der Waals surface area (Å²) in [5.41, 5.74) is 5.53. The average molecular weight is 481 g/mol. The first-order chi connectivity index (χ1) is 15.0. The van der Waals surface area contributed by atoms with Gasteiger partial charge in [-0.2, -0.15) is 5.10 Å². The molecule has 3 aromatic carbocycles. The number of para-hydroxylation sites is 1. The van der Waals surface area contributed by atoms with Crippen LogP contribution < -0.4 is 14.9 Å². The normalized spacial score (nSPS) is 11.0. The number of hydrazone groups is 1. The second-order valence-corrected chi connectivity index (χ2v) is 8.09. The van der Waals surface area contributed by atoms with Gasteiger partial charge in [0.2, 0.25) is 0 Å². The molecule has 0 radical (unpaired) electrons.